The summed E-state index contributed by atoms with van der Waals surface area (Å²) < 4.78 is 17.7. The summed E-state index contributed by atoms with van der Waals surface area (Å²) in [4.78, 5) is 0. The maximum atomic E-state index is 9.70. The monoisotopic (exact) mass is 499 g/mol. The predicted molar refractivity (Wildman–Crippen MR) is 135 cm³/mol. The summed E-state index contributed by atoms with van der Waals surface area (Å²) in [6.45, 7) is 0.404. The second-order valence-electron chi connectivity index (χ2n) is 7.36. The van der Waals surface area contributed by atoms with E-state index in [4.69, 9.17) is 14.2 Å². The predicted octanol–water partition coefficient (Wildman–Crippen LogP) is 7.26. The molecule has 5 heteroatoms. The highest BCUT2D eigenvalue weighted by molar-refractivity contribution is 9.10. The van der Waals surface area contributed by atoms with Gasteiger partial charge in [-0.2, -0.15) is 5.26 Å². The van der Waals surface area contributed by atoms with Gasteiger partial charge >= 0.3 is 0 Å². The largest absolute Gasteiger partial charge is 0.497 e. The van der Waals surface area contributed by atoms with Crippen LogP contribution in [0.4, 0.5) is 0 Å². The van der Waals surface area contributed by atoms with Crippen molar-refractivity contribution >= 4 is 38.4 Å². The van der Waals surface area contributed by atoms with Crippen LogP contribution in [0.5, 0.6) is 17.2 Å². The molecule has 0 aliphatic rings. The van der Waals surface area contributed by atoms with Gasteiger partial charge in [0.2, 0.25) is 0 Å². The van der Waals surface area contributed by atoms with Crippen molar-refractivity contribution in [3.63, 3.8) is 0 Å². The normalized spacial score (nSPS) is 11.2. The standard InChI is InChI=1S/C28H22BrNO3/c1-31-24-12-10-20(11-13-24)23(17-30)14-19-15-26(29)28(27(16-19)32-2)33-18-22-8-5-7-21-6-3-4-9-25(21)22/h3-16H,18H2,1-2H3/b23-14+. The second kappa shape index (κ2) is 10.2. The fourth-order valence-electron chi connectivity index (χ4n) is 3.65. The molecule has 0 saturated heterocycles. The highest BCUT2D eigenvalue weighted by Crippen LogP contribution is 2.38. The zero-order valence-corrected chi connectivity index (χ0v) is 19.9. The van der Waals surface area contributed by atoms with Gasteiger partial charge in [-0.05, 0) is 85.9 Å². The van der Waals surface area contributed by atoms with Crippen LogP contribution in [-0.4, -0.2) is 14.2 Å². The first kappa shape index (κ1) is 22.4. The maximum absolute atomic E-state index is 9.70. The van der Waals surface area contributed by atoms with Gasteiger partial charge in [-0.3, -0.25) is 0 Å². The third kappa shape index (κ3) is 5.02. The van der Waals surface area contributed by atoms with Crippen molar-refractivity contribution in [1.29, 1.82) is 5.26 Å². The lowest BCUT2D eigenvalue weighted by Gasteiger charge is -2.15. The van der Waals surface area contributed by atoms with E-state index in [1.165, 1.54) is 5.39 Å². The van der Waals surface area contributed by atoms with Crippen LogP contribution >= 0.6 is 15.9 Å². The maximum Gasteiger partial charge on any atom is 0.175 e. The molecule has 164 valence electrons. The molecule has 4 rings (SSSR count). The van der Waals surface area contributed by atoms with Gasteiger partial charge in [0, 0.05) is 0 Å². The van der Waals surface area contributed by atoms with E-state index in [9.17, 15) is 5.26 Å². The Morgan fingerprint density at radius 2 is 1.70 bits per heavy atom. The molecule has 0 aliphatic heterocycles. The first-order valence-electron chi connectivity index (χ1n) is 10.4. The molecule has 4 nitrogen and oxygen atoms in total. The Morgan fingerprint density at radius 3 is 2.42 bits per heavy atom. The summed E-state index contributed by atoms with van der Waals surface area (Å²) in [6, 6.07) is 27.9. The number of hydrogen-bond donors (Lipinski definition) is 0. The zero-order valence-electron chi connectivity index (χ0n) is 18.3. The van der Waals surface area contributed by atoms with Crippen molar-refractivity contribution in [1.82, 2.24) is 0 Å². The Bertz CT molecular complexity index is 1350. The highest BCUT2D eigenvalue weighted by Gasteiger charge is 2.13. The molecule has 0 amide bonds. The Hall–Kier alpha value is -3.75. The quantitative estimate of drug-likeness (QED) is 0.198. The molecular formula is C28H22BrNO3. The lowest BCUT2D eigenvalue weighted by Crippen LogP contribution is -2.00. The molecule has 0 aliphatic carbocycles. The number of benzene rings is 4. The van der Waals surface area contributed by atoms with Gasteiger partial charge in [0.05, 0.1) is 30.3 Å². The van der Waals surface area contributed by atoms with E-state index in [0.717, 1.165) is 32.3 Å². The van der Waals surface area contributed by atoms with E-state index in [-0.39, 0.29) is 0 Å². The van der Waals surface area contributed by atoms with Crippen molar-refractivity contribution in [2.45, 2.75) is 6.61 Å². The number of fused-ring (bicyclic) bond motifs is 1. The van der Waals surface area contributed by atoms with E-state index >= 15 is 0 Å². The molecule has 0 saturated carbocycles. The molecule has 0 heterocycles. The number of methoxy groups -OCH3 is 2. The van der Waals surface area contributed by atoms with Crippen molar-refractivity contribution in [2.24, 2.45) is 0 Å². The van der Waals surface area contributed by atoms with E-state index in [0.29, 0.717) is 23.7 Å². The average molecular weight is 500 g/mol. The van der Waals surface area contributed by atoms with Crippen LogP contribution < -0.4 is 14.2 Å². The van der Waals surface area contributed by atoms with Gasteiger partial charge in [-0.25, -0.2) is 0 Å². The minimum Gasteiger partial charge on any atom is -0.497 e. The number of ether oxygens (including phenoxy) is 3. The minimum absolute atomic E-state index is 0.404. The average Bonchev–Trinajstić information content (AvgIpc) is 2.86. The highest BCUT2D eigenvalue weighted by atomic mass is 79.9. The molecule has 4 aromatic rings. The number of hydrogen-bond acceptors (Lipinski definition) is 4. The van der Waals surface area contributed by atoms with E-state index < -0.39 is 0 Å². The first-order valence-corrected chi connectivity index (χ1v) is 11.2. The van der Waals surface area contributed by atoms with Crippen LogP contribution in [0.3, 0.4) is 0 Å². The van der Waals surface area contributed by atoms with Crippen molar-refractivity contribution < 1.29 is 14.2 Å². The van der Waals surface area contributed by atoms with Gasteiger partial charge in [0.1, 0.15) is 12.4 Å². The molecule has 0 N–H and O–H groups in total. The number of nitriles is 1. The van der Waals surface area contributed by atoms with Gasteiger partial charge in [0.15, 0.2) is 11.5 Å². The Labute approximate surface area is 201 Å². The van der Waals surface area contributed by atoms with Crippen LogP contribution in [0, 0.1) is 11.3 Å². The summed E-state index contributed by atoms with van der Waals surface area (Å²) in [7, 11) is 3.22. The number of nitrogens with zero attached hydrogens (tertiary/aromatic N) is 1. The summed E-state index contributed by atoms with van der Waals surface area (Å²) in [5.41, 5.74) is 3.27. The molecule has 0 bridgehead atoms. The molecule has 0 fully saturated rings. The van der Waals surface area contributed by atoms with E-state index in [1.54, 1.807) is 14.2 Å². The number of halogens is 1. The molecule has 0 atom stereocenters. The molecule has 33 heavy (non-hydrogen) atoms. The number of rotatable bonds is 7. The third-order valence-corrected chi connectivity index (χ3v) is 5.93. The minimum atomic E-state index is 0.404. The first-order chi connectivity index (χ1) is 16.1. The van der Waals surface area contributed by atoms with Crippen LogP contribution in [-0.2, 0) is 6.61 Å². The molecule has 4 aromatic carbocycles. The van der Waals surface area contributed by atoms with Crippen molar-refractivity contribution in [2.75, 3.05) is 14.2 Å². The van der Waals surface area contributed by atoms with Gasteiger partial charge in [0.25, 0.3) is 0 Å². The van der Waals surface area contributed by atoms with Gasteiger partial charge in [-0.15, -0.1) is 0 Å². The van der Waals surface area contributed by atoms with Crippen molar-refractivity contribution in [3.8, 4) is 23.3 Å². The fraction of sp³-hybridized carbons (Fsp3) is 0.107. The molecule has 0 aromatic heterocycles. The van der Waals surface area contributed by atoms with Crippen LogP contribution in [0.2, 0.25) is 0 Å². The SMILES string of the molecule is COc1ccc(/C(C#N)=C/c2cc(Br)c(OCc3cccc4ccccc34)c(OC)c2)cc1. The summed E-state index contributed by atoms with van der Waals surface area (Å²) >= 11 is 3.62. The Morgan fingerprint density at radius 1 is 0.939 bits per heavy atom. The lowest BCUT2D eigenvalue weighted by atomic mass is 10.0. The van der Waals surface area contributed by atoms with Crippen LogP contribution in [0.25, 0.3) is 22.4 Å². The zero-order chi connectivity index (χ0) is 23.2. The smallest absolute Gasteiger partial charge is 0.175 e. The van der Waals surface area contributed by atoms with E-state index in [2.05, 4.69) is 46.3 Å². The van der Waals surface area contributed by atoms with Crippen molar-refractivity contribution in [3.05, 3.63) is 100 Å². The molecular weight excluding hydrogens is 478 g/mol. The Balaban J connectivity index is 1.62. The van der Waals surface area contributed by atoms with E-state index in [1.807, 2.05) is 60.7 Å². The number of allylic oxidation sites excluding steroid dienone is 1. The fourth-order valence-corrected chi connectivity index (χ4v) is 4.22. The van der Waals surface area contributed by atoms with Gasteiger partial charge in [-0.1, -0.05) is 42.5 Å². The molecule has 0 radical (unpaired) electrons. The topological polar surface area (TPSA) is 51.5 Å². The summed E-state index contributed by atoms with van der Waals surface area (Å²) in [5.74, 6) is 1.95. The lowest BCUT2D eigenvalue weighted by molar-refractivity contribution is 0.283. The van der Waals surface area contributed by atoms with Crippen LogP contribution in [0.15, 0.2) is 83.3 Å². The second-order valence-corrected chi connectivity index (χ2v) is 8.21. The van der Waals surface area contributed by atoms with Gasteiger partial charge < -0.3 is 14.2 Å². The molecule has 0 spiro atoms. The third-order valence-electron chi connectivity index (χ3n) is 5.34. The molecule has 0 unspecified atom stereocenters. The Kier molecular flexibility index (Phi) is 6.97. The van der Waals surface area contributed by atoms with Crippen LogP contribution in [0.1, 0.15) is 16.7 Å². The summed E-state index contributed by atoms with van der Waals surface area (Å²) in [5, 5.41) is 12.0. The summed E-state index contributed by atoms with van der Waals surface area (Å²) in [6.07, 6.45) is 1.82.